The van der Waals surface area contributed by atoms with E-state index in [1.807, 2.05) is 36.4 Å². The second-order valence-corrected chi connectivity index (χ2v) is 4.81. The number of nitrogens with two attached hydrogens (primary N) is 1. The molecule has 0 aliphatic rings. The summed E-state index contributed by atoms with van der Waals surface area (Å²) in [5.41, 5.74) is 6.71. The van der Waals surface area contributed by atoms with Crippen molar-refractivity contribution in [3.8, 4) is 0 Å². The van der Waals surface area contributed by atoms with Crippen LogP contribution < -0.4 is 10.6 Å². The molecule has 0 aliphatic carbocycles. The maximum atomic E-state index is 12.6. The minimum atomic E-state index is -0.492. The maximum absolute atomic E-state index is 12.6. The molecule has 0 atom stereocenters. The van der Waals surface area contributed by atoms with Crippen LogP contribution in [-0.4, -0.2) is 27.3 Å². The van der Waals surface area contributed by atoms with E-state index >= 15 is 0 Å². The molecule has 0 fully saturated rings. The molecule has 22 heavy (non-hydrogen) atoms. The van der Waals surface area contributed by atoms with Crippen LogP contribution in [0.5, 0.6) is 0 Å². The zero-order valence-electron chi connectivity index (χ0n) is 11.9. The summed E-state index contributed by atoms with van der Waals surface area (Å²) in [7, 11) is 0. The Morgan fingerprint density at radius 3 is 2.55 bits per heavy atom. The van der Waals surface area contributed by atoms with E-state index in [1.54, 1.807) is 13.0 Å². The van der Waals surface area contributed by atoms with Gasteiger partial charge in [-0.2, -0.15) is 15.4 Å². The predicted octanol–water partition coefficient (Wildman–Crippen LogP) is 1.81. The number of hydrogen-bond donors (Lipinski definition) is 3. The molecule has 1 heterocycles. The lowest BCUT2D eigenvalue weighted by Crippen LogP contribution is -2.42. The average Bonchev–Trinajstić information content (AvgIpc) is 2.93. The fraction of sp³-hybridized carbons (Fsp3) is 0.0667. The Balaban J connectivity index is 2.08. The lowest BCUT2D eigenvalue weighted by molar-refractivity contribution is 0.0996. The van der Waals surface area contributed by atoms with Gasteiger partial charge in [0.2, 0.25) is 0 Å². The quantitative estimate of drug-likeness (QED) is 0.494. The lowest BCUT2D eigenvalue weighted by atomic mass is 10.1. The zero-order chi connectivity index (χ0) is 15.7. The Morgan fingerprint density at radius 2 is 1.91 bits per heavy atom. The first-order valence-corrected chi connectivity index (χ1v) is 6.62. The number of aryl methyl sites for hydroxylation is 1. The molecule has 0 radical (unpaired) electrons. The number of H-pyrrole nitrogens is 1. The number of anilines is 1. The lowest BCUT2D eigenvalue weighted by Gasteiger charge is -2.20. The number of rotatable bonds is 2. The number of fused-ring (bicyclic) bond motifs is 1. The third-order valence-corrected chi connectivity index (χ3v) is 3.36. The molecule has 1 amide bonds. The summed E-state index contributed by atoms with van der Waals surface area (Å²) in [6.07, 6.45) is 0. The number of nitrogens with one attached hydrogen (secondary N) is 2. The highest BCUT2D eigenvalue weighted by Crippen LogP contribution is 2.23. The number of guanidine groups is 1. The summed E-state index contributed by atoms with van der Waals surface area (Å²) in [5.74, 6) is -0.864. The summed E-state index contributed by atoms with van der Waals surface area (Å²) in [6, 6.07) is 13.2. The van der Waals surface area contributed by atoms with Crippen LogP contribution in [0.4, 0.5) is 5.69 Å². The van der Waals surface area contributed by atoms with Crippen molar-refractivity contribution < 1.29 is 4.79 Å². The summed E-state index contributed by atoms with van der Waals surface area (Å²) in [6.45, 7) is 1.66. The number of amides is 1. The van der Waals surface area contributed by atoms with Crippen molar-refractivity contribution in [2.24, 2.45) is 5.73 Å². The Bertz CT molecular complexity index is 869. The first kappa shape index (κ1) is 13.7. The molecule has 0 saturated carbocycles. The minimum absolute atomic E-state index is 0.142. The van der Waals surface area contributed by atoms with Gasteiger partial charge in [0.05, 0.1) is 11.4 Å². The van der Waals surface area contributed by atoms with Crippen LogP contribution in [0, 0.1) is 12.3 Å². The molecule has 0 saturated heterocycles. The topological polar surface area (TPSA) is 112 Å². The molecule has 0 unspecified atom stereocenters. The maximum Gasteiger partial charge on any atom is 0.287 e. The Labute approximate surface area is 126 Å². The third-order valence-electron chi connectivity index (χ3n) is 3.36. The molecule has 3 aromatic rings. The van der Waals surface area contributed by atoms with E-state index < -0.39 is 5.91 Å². The first-order valence-electron chi connectivity index (χ1n) is 6.62. The molecular weight excluding hydrogens is 280 g/mol. The van der Waals surface area contributed by atoms with Gasteiger partial charge >= 0.3 is 0 Å². The summed E-state index contributed by atoms with van der Waals surface area (Å²) in [4.78, 5) is 13.7. The molecule has 3 rings (SSSR count). The molecule has 110 valence electrons. The van der Waals surface area contributed by atoms with Crippen LogP contribution in [-0.2, 0) is 0 Å². The fourth-order valence-corrected chi connectivity index (χ4v) is 2.27. The molecule has 7 heteroatoms. The summed E-state index contributed by atoms with van der Waals surface area (Å²) in [5, 5.41) is 19.8. The van der Waals surface area contributed by atoms with Gasteiger partial charge in [0, 0.05) is 0 Å². The Morgan fingerprint density at radius 1 is 1.18 bits per heavy atom. The second-order valence-electron chi connectivity index (χ2n) is 4.81. The second kappa shape index (κ2) is 5.28. The Hall–Kier alpha value is -3.22. The van der Waals surface area contributed by atoms with Crippen LogP contribution in [0.1, 0.15) is 16.2 Å². The van der Waals surface area contributed by atoms with E-state index in [-0.39, 0.29) is 11.7 Å². The molecule has 4 N–H and O–H groups in total. The highest BCUT2D eigenvalue weighted by atomic mass is 16.2. The third kappa shape index (κ3) is 2.28. The number of hydrogen-bond acceptors (Lipinski definition) is 4. The first-order chi connectivity index (χ1) is 10.6. The summed E-state index contributed by atoms with van der Waals surface area (Å²) >= 11 is 0. The van der Waals surface area contributed by atoms with E-state index in [0.717, 1.165) is 15.7 Å². The van der Waals surface area contributed by atoms with Crippen molar-refractivity contribution in [3.05, 3.63) is 53.9 Å². The molecular formula is C15H14N6O. The van der Waals surface area contributed by atoms with Crippen molar-refractivity contribution in [1.29, 1.82) is 5.41 Å². The smallest absolute Gasteiger partial charge is 0.287 e. The van der Waals surface area contributed by atoms with Gasteiger partial charge in [-0.1, -0.05) is 30.3 Å². The SMILES string of the molecule is Cc1n[nH]nc1C(=O)N(C(=N)N)c1ccc2ccccc2c1. The molecule has 0 spiro atoms. The van der Waals surface area contributed by atoms with Gasteiger partial charge in [-0.15, -0.1) is 0 Å². The largest absolute Gasteiger partial charge is 0.369 e. The van der Waals surface area contributed by atoms with Crippen molar-refractivity contribution in [3.63, 3.8) is 0 Å². The number of aromatic amines is 1. The average molecular weight is 294 g/mol. The zero-order valence-corrected chi connectivity index (χ0v) is 11.9. The minimum Gasteiger partial charge on any atom is -0.369 e. The fourth-order valence-electron chi connectivity index (χ4n) is 2.27. The van der Waals surface area contributed by atoms with E-state index in [1.165, 1.54) is 0 Å². The van der Waals surface area contributed by atoms with Gasteiger partial charge in [0.15, 0.2) is 11.7 Å². The molecule has 0 aliphatic heterocycles. The van der Waals surface area contributed by atoms with Gasteiger partial charge in [0.25, 0.3) is 5.91 Å². The van der Waals surface area contributed by atoms with Crippen molar-refractivity contribution >= 4 is 28.3 Å². The molecule has 7 nitrogen and oxygen atoms in total. The van der Waals surface area contributed by atoms with E-state index in [0.29, 0.717) is 11.4 Å². The van der Waals surface area contributed by atoms with Crippen molar-refractivity contribution in [2.45, 2.75) is 6.92 Å². The summed E-state index contributed by atoms with van der Waals surface area (Å²) < 4.78 is 0. The van der Waals surface area contributed by atoms with Crippen LogP contribution >= 0.6 is 0 Å². The van der Waals surface area contributed by atoms with E-state index in [2.05, 4.69) is 15.4 Å². The van der Waals surface area contributed by atoms with Crippen LogP contribution in [0.15, 0.2) is 42.5 Å². The van der Waals surface area contributed by atoms with Crippen molar-refractivity contribution in [1.82, 2.24) is 15.4 Å². The van der Waals surface area contributed by atoms with Crippen LogP contribution in [0.25, 0.3) is 10.8 Å². The number of aromatic nitrogens is 3. The Kier molecular flexibility index (Phi) is 3.30. The van der Waals surface area contributed by atoms with Crippen molar-refractivity contribution in [2.75, 3.05) is 4.90 Å². The van der Waals surface area contributed by atoms with Gasteiger partial charge < -0.3 is 5.73 Å². The number of nitrogens with zero attached hydrogens (tertiary/aromatic N) is 3. The van der Waals surface area contributed by atoms with E-state index in [4.69, 9.17) is 11.1 Å². The molecule has 0 bridgehead atoms. The van der Waals surface area contributed by atoms with Gasteiger partial charge in [-0.05, 0) is 29.8 Å². The van der Waals surface area contributed by atoms with Gasteiger partial charge in [-0.25, -0.2) is 4.90 Å². The highest BCUT2D eigenvalue weighted by Gasteiger charge is 2.24. The van der Waals surface area contributed by atoms with Gasteiger partial charge in [0.1, 0.15) is 0 Å². The van der Waals surface area contributed by atoms with Gasteiger partial charge in [-0.3, -0.25) is 10.2 Å². The number of benzene rings is 2. The highest BCUT2D eigenvalue weighted by molar-refractivity contribution is 6.21. The van der Waals surface area contributed by atoms with E-state index in [9.17, 15) is 4.79 Å². The van der Waals surface area contributed by atoms with Crippen LogP contribution in [0.2, 0.25) is 0 Å². The number of carbonyl (C=O) groups excluding carboxylic acids is 1. The monoisotopic (exact) mass is 294 g/mol. The standard InChI is InChI=1S/C15H14N6O/c1-9-13(19-20-18-9)14(22)21(15(16)17)12-7-6-10-4-2-3-5-11(10)8-12/h2-8H,1H3,(H3,16,17)(H,18,19,20). The normalized spacial score (nSPS) is 10.6. The predicted molar refractivity (Wildman–Crippen MR) is 83.8 cm³/mol. The number of carbonyl (C=O) groups is 1. The molecule has 2 aromatic carbocycles. The molecule has 1 aromatic heterocycles. The van der Waals surface area contributed by atoms with Crippen LogP contribution in [0.3, 0.4) is 0 Å².